The van der Waals surface area contributed by atoms with Crippen molar-refractivity contribution >= 4 is 16.0 Å². The molecule has 1 N–H and O–H groups in total. The van der Waals surface area contributed by atoms with Gasteiger partial charge in [-0.1, -0.05) is 54.5 Å². The Morgan fingerprint density at radius 2 is 1.73 bits per heavy atom. The maximum atomic E-state index is 14.5. The Morgan fingerprint density at radius 1 is 1.02 bits per heavy atom. The Hall–Kier alpha value is -4.15. The van der Waals surface area contributed by atoms with Crippen LogP contribution in [0.25, 0.3) is 5.69 Å². The number of carboxylic acid groups (broad SMARTS) is 1. The zero-order chi connectivity index (χ0) is 31.0. The van der Waals surface area contributed by atoms with E-state index < -0.39 is 27.6 Å². The second-order valence-corrected chi connectivity index (χ2v) is 13.5. The van der Waals surface area contributed by atoms with E-state index in [0.717, 1.165) is 29.8 Å². The van der Waals surface area contributed by atoms with Crippen molar-refractivity contribution in [3.8, 4) is 5.69 Å². The number of hydrogen-bond acceptors (Lipinski definition) is 4. The molecule has 0 amide bonds. The molecule has 228 valence electrons. The van der Waals surface area contributed by atoms with E-state index in [1.807, 2.05) is 10.9 Å². The molecule has 0 spiro atoms. The highest BCUT2D eigenvalue weighted by atomic mass is 32.2. The molecule has 7 nitrogen and oxygen atoms in total. The Morgan fingerprint density at radius 3 is 2.45 bits per heavy atom. The van der Waals surface area contributed by atoms with Gasteiger partial charge in [0.25, 0.3) is 0 Å². The molecule has 2 aliphatic carbocycles. The summed E-state index contributed by atoms with van der Waals surface area (Å²) < 4.78 is 59.3. The fraction of sp³-hybridized carbons (Fsp3) is 0.294. The van der Waals surface area contributed by atoms with Gasteiger partial charge in [-0.05, 0) is 72.7 Å². The van der Waals surface area contributed by atoms with E-state index in [1.165, 1.54) is 45.8 Å². The standard InChI is InChI=1S/C34H33F2N3O4S/c1-22-30-19-37-39(28-14-12-27(35)13-15-28)32(30)18-24-10-11-25(33(22)24)20-38(17-16-23-6-3-5-9-31(23)36)44(42,43)21-26-7-2-4-8-29(26)34(40)41/h2-9,12-15,19,22,25H,10-11,16-18,20-21H2,1H3,(H,40,41)/t22-,25-/m0/s1. The van der Waals surface area contributed by atoms with Crippen LogP contribution in [0.2, 0.25) is 0 Å². The van der Waals surface area contributed by atoms with Gasteiger partial charge in [0, 0.05) is 31.0 Å². The molecule has 0 aliphatic heterocycles. The van der Waals surface area contributed by atoms with E-state index in [2.05, 4.69) is 12.0 Å². The van der Waals surface area contributed by atoms with E-state index in [4.69, 9.17) is 0 Å². The third kappa shape index (κ3) is 5.84. The quantitative estimate of drug-likeness (QED) is 0.211. The molecular weight excluding hydrogens is 584 g/mol. The number of carbonyl (C=O) groups is 1. The van der Waals surface area contributed by atoms with Crippen molar-refractivity contribution in [2.24, 2.45) is 5.92 Å². The third-order valence-electron chi connectivity index (χ3n) is 8.92. The molecule has 0 unspecified atom stereocenters. The molecule has 0 fully saturated rings. The average Bonchev–Trinajstić information content (AvgIpc) is 3.61. The lowest BCUT2D eigenvalue weighted by atomic mass is 9.80. The normalized spacial score (nSPS) is 18.0. The molecule has 44 heavy (non-hydrogen) atoms. The van der Waals surface area contributed by atoms with Gasteiger partial charge in [0.15, 0.2) is 0 Å². The maximum absolute atomic E-state index is 14.5. The first-order valence-corrected chi connectivity index (χ1v) is 16.3. The number of hydrogen-bond donors (Lipinski definition) is 1. The Bertz CT molecular complexity index is 1850. The molecule has 2 aliphatic rings. The fourth-order valence-electron chi connectivity index (χ4n) is 6.75. The highest BCUT2D eigenvalue weighted by molar-refractivity contribution is 7.88. The first-order valence-electron chi connectivity index (χ1n) is 14.7. The van der Waals surface area contributed by atoms with Crippen LogP contribution in [-0.4, -0.2) is 46.7 Å². The van der Waals surface area contributed by atoms with Crippen LogP contribution >= 0.6 is 0 Å². The summed E-state index contributed by atoms with van der Waals surface area (Å²) in [6, 6.07) is 18.7. The van der Waals surface area contributed by atoms with Gasteiger partial charge in [0.05, 0.1) is 28.9 Å². The molecular formula is C34H33F2N3O4S. The van der Waals surface area contributed by atoms with Gasteiger partial charge in [-0.2, -0.15) is 5.10 Å². The zero-order valence-electron chi connectivity index (χ0n) is 24.3. The van der Waals surface area contributed by atoms with Crippen molar-refractivity contribution < 1.29 is 27.1 Å². The molecule has 1 aromatic heterocycles. The summed E-state index contributed by atoms with van der Waals surface area (Å²) in [5.41, 5.74) is 5.97. The van der Waals surface area contributed by atoms with E-state index in [9.17, 15) is 27.1 Å². The summed E-state index contributed by atoms with van der Waals surface area (Å²) in [4.78, 5) is 11.8. The van der Waals surface area contributed by atoms with Gasteiger partial charge < -0.3 is 5.11 Å². The van der Waals surface area contributed by atoms with Gasteiger partial charge in [-0.3, -0.25) is 0 Å². The van der Waals surface area contributed by atoms with Gasteiger partial charge in [-0.25, -0.2) is 31.0 Å². The third-order valence-corrected chi connectivity index (χ3v) is 10.7. The number of carboxylic acids is 1. The lowest BCUT2D eigenvalue weighted by molar-refractivity contribution is 0.0696. The van der Waals surface area contributed by atoms with Crippen molar-refractivity contribution in [3.63, 3.8) is 0 Å². The molecule has 0 saturated heterocycles. The molecule has 10 heteroatoms. The number of aromatic carboxylic acids is 1. The number of allylic oxidation sites excluding steroid dienone is 1. The zero-order valence-corrected chi connectivity index (χ0v) is 25.1. The van der Waals surface area contributed by atoms with Crippen LogP contribution in [-0.2, 0) is 28.6 Å². The molecule has 4 aromatic rings. The second kappa shape index (κ2) is 12.1. The summed E-state index contributed by atoms with van der Waals surface area (Å²) in [6.07, 6.45) is 4.31. The van der Waals surface area contributed by atoms with Crippen LogP contribution in [0.5, 0.6) is 0 Å². The minimum atomic E-state index is -3.98. The lowest BCUT2D eigenvalue weighted by Gasteiger charge is -2.31. The summed E-state index contributed by atoms with van der Waals surface area (Å²) in [5.74, 6) is -2.39. The Labute approximate surface area is 255 Å². The van der Waals surface area contributed by atoms with Crippen LogP contribution in [0.3, 0.4) is 0 Å². The second-order valence-electron chi connectivity index (χ2n) is 11.5. The smallest absolute Gasteiger partial charge is 0.335 e. The number of benzene rings is 3. The van der Waals surface area contributed by atoms with Crippen LogP contribution in [0.4, 0.5) is 8.78 Å². The molecule has 3 aromatic carbocycles. The molecule has 0 bridgehead atoms. The maximum Gasteiger partial charge on any atom is 0.335 e. The highest BCUT2D eigenvalue weighted by Crippen LogP contribution is 2.47. The molecule has 1 heterocycles. The average molecular weight is 618 g/mol. The minimum Gasteiger partial charge on any atom is -0.478 e. The molecule has 2 atom stereocenters. The summed E-state index contributed by atoms with van der Waals surface area (Å²) >= 11 is 0. The number of rotatable bonds is 10. The highest BCUT2D eigenvalue weighted by Gasteiger charge is 2.38. The number of sulfonamides is 1. The lowest BCUT2D eigenvalue weighted by Crippen LogP contribution is -2.38. The van der Waals surface area contributed by atoms with Crippen molar-refractivity contribution in [2.75, 3.05) is 13.1 Å². The summed E-state index contributed by atoms with van der Waals surface area (Å²) in [6.45, 7) is 2.40. The largest absolute Gasteiger partial charge is 0.478 e. The topological polar surface area (TPSA) is 92.5 Å². The first kappa shape index (κ1) is 29.9. The fourth-order valence-corrected chi connectivity index (χ4v) is 8.36. The van der Waals surface area contributed by atoms with Gasteiger partial charge in [0.1, 0.15) is 11.6 Å². The predicted octanol–water partition coefficient (Wildman–Crippen LogP) is 6.29. The number of nitrogens with zero attached hydrogens (tertiary/aromatic N) is 3. The van der Waals surface area contributed by atoms with E-state index in [0.29, 0.717) is 12.0 Å². The Kier molecular flexibility index (Phi) is 8.22. The van der Waals surface area contributed by atoms with Gasteiger partial charge in [-0.15, -0.1) is 0 Å². The van der Waals surface area contributed by atoms with E-state index >= 15 is 0 Å². The van der Waals surface area contributed by atoms with Crippen molar-refractivity contribution in [3.05, 3.63) is 130 Å². The SMILES string of the molecule is C[C@@H]1C2=C(CC[C@H]2CN(CCc2ccccc2F)S(=O)(=O)Cc2ccccc2C(=O)O)Cc2c1cnn2-c1ccc(F)cc1. The van der Waals surface area contributed by atoms with Crippen LogP contribution in [0, 0.1) is 17.6 Å². The first-order chi connectivity index (χ1) is 21.1. The summed E-state index contributed by atoms with van der Waals surface area (Å²) in [5, 5.41) is 14.3. The Balaban J connectivity index is 1.29. The van der Waals surface area contributed by atoms with Crippen LogP contribution in [0.1, 0.15) is 58.4 Å². The predicted molar refractivity (Wildman–Crippen MR) is 163 cm³/mol. The monoisotopic (exact) mass is 617 g/mol. The van der Waals surface area contributed by atoms with Crippen molar-refractivity contribution in [2.45, 2.75) is 44.3 Å². The molecule has 0 saturated carbocycles. The number of fused-ring (bicyclic) bond motifs is 1. The van der Waals surface area contributed by atoms with Crippen LogP contribution in [0.15, 0.2) is 90.1 Å². The molecule has 6 rings (SSSR count). The van der Waals surface area contributed by atoms with Crippen molar-refractivity contribution in [1.82, 2.24) is 14.1 Å². The minimum absolute atomic E-state index is 0.0132. The van der Waals surface area contributed by atoms with Gasteiger partial charge in [0.2, 0.25) is 10.0 Å². The van der Waals surface area contributed by atoms with Crippen molar-refractivity contribution in [1.29, 1.82) is 0 Å². The van der Waals surface area contributed by atoms with E-state index in [-0.39, 0.29) is 48.3 Å². The van der Waals surface area contributed by atoms with Gasteiger partial charge >= 0.3 is 5.97 Å². The molecule has 0 radical (unpaired) electrons. The number of aromatic nitrogens is 2. The number of halogens is 2. The van der Waals surface area contributed by atoms with E-state index in [1.54, 1.807) is 42.5 Å². The van der Waals surface area contributed by atoms with Crippen LogP contribution < -0.4 is 0 Å². The summed E-state index contributed by atoms with van der Waals surface area (Å²) in [7, 11) is -3.98.